The lowest BCUT2D eigenvalue weighted by atomic mass is 9.85. The summed E-state index contributed by atoms with van der Waals surface area (Å²) in [6, 6.07) is 7.44. The van der Waals surface area contributed by atoms with E-state index >= 15 is 0 Å². The van der Waals surface area contributed by atoms with Gasteiger partial charge in [-0.15, -0.1) is 0 Å². The van der Waals surface area contributed by atoms with Crippen LogP contribution in [0.4, 0.5) is 0 Å². The Balaban J connectivity index is 1.93. The highest BCUT2D eigenvalue weighted by Gasteiger charge is 2.46. The molecule has 3 atom stereocenters. The molecule has 2 unspecified atom stereocenters. The van der Waals surface area contributed by atoms with E-state index in [1.165, 1.54) is 12.8 Å². The number of hydrogen-bond acceptors (Lipinski definition) is 2. The minimum atomic E-state index is -3.33. The zero-order chi connectivity index (χ0) is 14.3. The van der Waals surface area contributed by atoms with Gasteiger partial charge in [-0.3, -0.25) is 0 Å². The molecule has 5 heteroatoms. The monoisotopic (exact) mass is 405 g/mol. The van der Waals surface area contributed by atoms with E-state index in [2.05, 4.69) is 22.6 Å². The first-order chi connectivity index (χ1) is 9.50. The number of aryl methyl sites for hydroxylation is 1. The van der Waals surface area contributed by atoms with Crippen LogP contribution in [-0.4, -0.2) is 29.2 Å². The normalized spacial score (nSPS) is 31.2. The van der Waals surface area contributed by atoms with Crippen molar-refractivity contribution in [2.45, 2.75) is 47.5 Å². The second-order valence-electron chi connectivity index (χ2n) is 5.92. The largest absolute Gasteiger partial charge is 0.243 e. The van der Waals surface area contributed by atoms with Crippen LogP contribution in [0.15, 0.2) is 29.2 Å². The van der Waals surface area contributed by atoms with E-state index in [-0.39, 0.29) is 6.04 Å². The Hall–Kier alpha value is -0.140. The maximum Gasteiger partial charge on any atom is 0.243 e. The van der Waals surface area contributed by atoms with E-state index in [0.717, 1.165) is 18.4 Å². The van der Waals surface area contributed by atoms with Crippen molar-refractivity contribution < 1.29 is 8.42 Å². The highest BCUT2D eigenvalue weighted by molar-refractivity contribution is 14.1. The van der Waals surface area contributed by atoms with Crippen LogP contribution in [0, 0.1) is 12.8 Å². The van der Waals surface area contributed by atoms with Gasteiger partial charge in [0.05, 0.1) is 4.90 Å². The van der Waals surface area contributed by atoms with Gasteiger partial charge in [0, 0.05) is 16.5 Å². The summed E-state index contributed by atoms with van der Waals surface area (Å²) in [6.45, 7) is 2.66. The molecule has 1 saturated carbocycles. The molecule has 1 heterocycles. The third-order valence-electron chi connectivity index (χ3n) is 4.59. The number of rotatable bonds is 2. The lowest BCUT2D eigenvalue weighted by Gasteiger charge is -2.35. The molecule has 0 bridgehead atoms. The van der Waals surface area contributed by atoms with E-state index in [0.29, 0.717) is 21.3 Å². The molecule has 0 aromatic heterocycles. The highest BCUT2D eigenvalue weighted by atomic mass is 127. The summed E-state index contributed by atoms with van der Waals surface area (Å²) in [5, 5.41) is 0. The van der Waals surface area contributed by atoms with E-state index in [1.54, 1.807) is 16.4 Å². The molecule has 1 saturated heterocycles. The van der Waals surface area contributed by atoms with Crippen molar-refractivity contribution in [3.63, 3.8) is 0 Å². The van der Waals surface area contributed by atoms with Crippen LogP contribution in [0.25, 0.3) is 0 Å². The van der Waals surface area contributed by atoms with E-state index in [1.807, 2.05) is 19.1 Å². The van der Waals surface area contributed by atoms with Crippen LogP contribution in [0.3, 0.4) is 0 Å². The predicted molar refractivity (Wildman–Crippen MR) is 88.6 cm³/mol. The molecule has 0 radical (unpaired) electrons. The topological polar surface area (TPSA) is 37.4 Å². The fourth-order valence-corrected chi connectivity index (χ4v) is 6.88. The van der Waals surface area contributed by atoms with Gasteiger partial charge >= 0.3 is 0 Å². The van der Waals surface area contributed by atoms with Gasteiger partial charge in [-0.2, -0.15) is 4.31 Å². The van der Waals surface area contributed by atoms with Gasteiger partial charge in [-0.05, 0) is 44.2 Å². The van der Waals surface area contributed by atoms with E-state index in [9.17, 15) is 8.42 Å². The zero-order valence-electron chi connectivity index (χ0n) is 11.6. The van der Waals surface area contributed by atoms with Gasteiger partial charge in [0.1, 0.15) is 0 Å². The van der Waals surface area contributed by atoms with Crippen molar-refractivity contribution in [2.75, 3.05) is 6.54 Å². The second kappa shape index (κ2) is 5.57. The summed E-state index contributed by atoms with van der Waals surface area (Å²) in [5.74, 6) is 0.561. The molecule has 2 fully saturated rings. The number of sulfonamides is 1. The van der Waals surface area contributed by atoms with Crippen molar-refractivity contribution in [3.05, 3.63) is 29.8 Å². The first-order valence-corrected chi connectivity index (χ1v) is 9.91. The van der Waals surface area contributed by atoms with Crippen molar-refractivity contribution >= 4 is 32.6 Å². The Morgan fingerprint density at radius 1 is 1.15 bits per heavy atom. The molecule has 0 spiro atoms. The smallest absolute Gasteiger partial charge is 0.207 e. The predicted octanol–water partition coefficient (Wildman–Crippen LogP) is 3.36. The molecule has 0 N–H and O–H groups in total. The molecule has 1 aromatic carbocycles. The van der Waals surface area contributed by atoms with Crippen molar-refractivity contribution in [1.82, 2.24) is 4.31 Å². The van der Waals surface area contributed by atoms with E-state index in [4.69, 9.17) is 0 Å². The molecule has 3 rings (SSSR count). The van der Waals surface area contributed by atoms with Gasteiger partial charge in [0.15, 0.2) is 0 Å². The van der Waals surface area contributed by atoms with E-state index < -0.39 is 10.0 Å². The number of benzene rings is 1. The summed E-state index contributed by atoms with van der Waals surface area (Å²) in [7, 11) is -3.33. The van der Waals surface area contributed by atoms with Gasteiger partial charge in [-0.1, -0.05) is 46.7 Å². The molecule has 0 amide bonds. The second-order valence-corrected chi connectivity index (χ2v) is 9.41. The Labute approximate surface area is 134 Å². The van der Waals surface area contributed by atoms with Crippen LogP contribution in [0.1, 0.15) is 31.2 Å². The maximum absolute atomic E-state index is 12.9. The molecule has 3 nitrogen and oxygen atoms in total. The van der Waals surface area contributed by atoms with Crippen LogP contribution >= 0.6 is 22.6 Å². The fraction of sp³-hybridized carbons (Fsp3) is 0.600. The van der Waals surface area contributed by atoms with Gasteiger partial charge < -0.3 is 0 Å². The third kappa shape index (κ3) is 2.52. The van der Waals surface area contributed by atoms with Crippen LogP contribution < -0.4 is 0 Å². The fourth-order valence-electron chi connectivity index (χ4n) is 3.51. The SMILES string of the molecule is Cc1ccc(S(=O)(=O)N2CCC3CCC[C@@H](I)C32)cc1. The number of fused-ring (bicyclic) bond motifs is 1. The molecule has 1 aliphatic carbocycles. The van der Waals surface area contributed by atoms with Crippen molar-refractivity contribution in [2.24, 2.45) is 5.92 Å². The molecular formula is C15H20INO2S. The minimum absolute atomic E-state index is 0.204. The standard InChI is InChI=1S/C15H20INO2S/c1-11-5-7-13(8-6-11)20(18,19)17-10-9-12-3-2-4-14(16)15(12)17/h5-8,12,14-15H,2-4,9-10H2,1H3/t12?,14-,15?/m1/s1. The Morgan fingerprint density at radius 2 is 1.85 bits per heavy atom. The number of hydrogen-bond donors (Lipinski definition) is 0. The lowest BCUT2D eigenvalue weighted by molar-refractivity contribution is 0.276. The van der Waals surface area contributed by atoms with Crippen LogP contribution in [-0.2, 0) is 10.0 Å². The van der Waals surface area contributed by atoms with Crippen LogP contribution in [0.2, 0.25) is 0 Å². The van der Waals surface area contributed by atoms with Gasteiger partial charge in [0.25, 0.3) is 0 Å². The summed E-state index contributed by atoms with van der Waals surface area (Å²) >= 11 is 2.45. The zero-order valence-corrected chi connectivity index (χ0v) is 14.6. The van der Waals surface area contributed by atoms with Crippen molar-refractivity contribution in [3.8, 4) is 0 Å². The average molecular weight is 405 g/mol. The summed E-state index contributed by atoms with van der Waals surface area (Å²) in [6.07, 6.45) is 4.59. The van der Waals surface area contributed by atoms with Gasteiger partial charge in [-0.25, -0.2) is 8.42 Å². The minimum Gasteiger partial charge on any atom is -0.207 e. The van der Waals surface area contributed by atoms with Crippen LogP contribution in [0.5, 0.6) is 0 Å². The maximum atomic E-state index is 12.9. The molecule has 2 aliphatic rings. The first kappa shape index (κ1) is 14.8. The molecule has 110 valence electrons. The summed E-state index contributed by atoms with van der Waals surface area (Å²) in [4.78, 5) is 0.443. The Morgan fingerprint density at radius 3 is 2.55 bits per heavy atom. The number of halogens is 1. The quantitative estimate of drug-likeness (QED) is 0.559. The van der Waals surface area contributed by atoms with Gasteiger partial charge in [0.2, 0.25) is 10.0 Å². The number of nitrogens with zero attached hydrogens (tertiary/aromatic N) is 1. The third-order valence-corrected chi connectivity index (χ3v) is 7.86. The molecule has 1 aliphatic heterocycles. The first-order valence-electron chi connectivity index (χ1n) is 7.23. The molecular weight excluding hydrogens is 385 g/mol. The Bertz CT molecular complexity index is 584. The lowest BCUT2D eigenvalue weighted by Crippen LogP contribution is -2.45. The Kier molecular flexibility index (Phi) is 4.12. The molecule has 1 aromatic rings. The number of alkyl halides is 1. The van der Waals surface area contributed by atoms with Crippen molar-refractivity contribution in [1.29, 1.82) is 0 Å². The summed E-state index contributed by atoms with van der Waals surface area (Å²) < 4.78 is 28.0. The average Bonchev–Trinajstić information content (AvgIpc) is 2.85. The highest BCUT2D eigenvalue weighted by Crippen LogP contribution is 2.42. The summed E-state index contributed by atoms with van der Waals surface area (Å²) in [5.41, 5.74) is 1.09. The molecule has 20 heavy (non-hydrogen) atoms.